The lowest BCUT2D eigenvalue weighted by atomic mass is 10.0. The number of likely N-dealkylation sites (tertiary alicyclic amines) is 1. The summed E-state index contributed by atoms with van der Waals surface area (Å²) in [6, 6.07) is 7.40. The fraction of sp³-hybridized carbons (Fsp3) is 0.412. The Morgan fingerprint density at radius 3 is 2.96 bits per heavy atom. The van der Waals surface area contributed by atoms with Crippen molar-refractivity contribution in [3.63, 3.8) is 0 Å². The molecule has 1 N–H and O–H groups in total. The van der Waals surface area contributed by atoms with Crippen molar-refractivity contribution in [2.45, 2.75) is 38.8 Å². The number of piperidine rings is 1. The zero-order valence-corrected chi connectivity index (χ0v) is 13.7. The quantitative estimate of drug-likeness (QED) is 0.917. The minimum absolute atomic E-state index is 0.0389. The van der Waals surface area contributed by atoms with Crippen molar-refractivity contribution in [3.8, 4) is 5.69 Å². The lowest BCUT2D eigenvalue weighted by Crippen LogP contribution is -2.51. The maximum Gasteiger partial charge on any atom is 0.243 e. The average molecular weight is 327 g/mol. The highest BCUT2D eigenvalue weighted by molar-refractivity contribution is 5.87. The Morgan fingerprint density at radius 2 is 2.21 bits per heavy atom. The van der Waals surface area contributed by atoms with Crippen molar-refractivity contribution in [2.24, 2.45) is 0 Å². The van der Waals surface area contributed by atoms with Gasteiger partial charge in [-0.1, -0.05) is 12.1 Å². The summed E-state index contributed by atoms with van der Waals surface area (Å²) in [5.74, 6) is -0.126. The summed E-state index contributed by atoms with van der Waals surface area (Å²) in [6.45, 7) is 2.60. The summed E-state index contributed by atoms with van der Waals surface area (Å²) in [7, 11) is 0. The van der Waals surface area contributed by atoms with Gasteiger partial charge in [0.05, 0.1) is 5.69 Å². The van der Waals surface area contributed by atoms with Crippen LogP contribution in [0.15, 0.2) is 36.9 Å². The van der Waals surface area contributed by atoms with E-state index >= 15 is 0 Å². The van der Waals surface area contributed by atoms with E-state index in [0.29, 0.717) is 13.1 Å². The van der Waals surface area contributed by atoms with Crippen molar-refractivity contribution in [1.82, 2.24) is 25.0 Å². The third-order valence-corrected chi connectivity index (χ3v) is 4.27. The van der Waals surface area contributed by atoms with Crippen LogP contribution in [0.3, 0.4) is 0 Å². The normalized spacial score (nSPS) is 17.5. The molecule has 1 aromatic heterocycles. The van der Waals surface area contributed by atoms with Crippen molar-refractivity contribution in [2.75, 3.05) is 6.54 Å². The Kier molecular flexibility index (Phi) is 4.88. The van der Waals surface area contributed by atoms with Crippen LogP contribution < -0.4 is 5.32 Å². The van der Waals surface area contributed by atoms with Crippen LogP contribution >= 0.6 is 0 Å². The second kappa shape index (κ2) is 7.25. The molecule has 7 heteroatoms. The van der Waals surface area contributed by atoms with Gasteiger partial charge < -0.3 is 10.2 Å². The van der Waals surface area contributed by atoms with E-state index in [0.717, 1.165) is 30.5 Å². The molecule has 0 saturated carbocycles. The third kappa shape index (κ3) is 3.61. The highest BCUT2D eigenvalue weighted by atomic mass is 16.2. The Balaban J connectivity index is 1.64. The van der Waals surface area contributed by atoms with E-state index in [4.69, 9.17) is 0 Å². The first-order chi connectivity index (χ1) is 11.6. The summed E-state index contributed by atoms with van der Waals surface area (Å²) >= 11 is 0. The smallest absolute Gasteiger partial charge is 0.243 e. The standard InChI is InChI=1S/C17H21N5O2/c1-13(23)21-8-3-2-7-16(21)17(24)19-10-14-5-4-6-15(9-14)22-12-18-11-20-22/h4-6,9,11-12,16H,2-3,7-8,10H2,1H3,(H,19,24). The Labute approximate surface area is 140 Å². The fourth-order valence-corrected chi connectivity index (χ4v) is 3.04. The largest absolute Gasteiger partial charge is 0.350 e. The average Bonchev–Trinajstić information content (AvgIpc) is 3.14. The van der Waals surface area contributed by atoms with E-state index in [9.17, 15) is 9.59 Å². The van der Waals surface area contributed by atoms with E-state index in [2.05, 4.69) is 15.4 Å². The van der Waals surface area contributed by atoms with Gasteiger partial charge in [0.15, 0.2) is 0 Å². The first kappa shape index (κ1) is 16.2. The number of rotatable bonds is 4. The van der Waals surface area contributed by atoms with E-state index in [1.54, 1.807) is 15.9 Å². The van der Waals surface area contributed by atoms with Crippen LogP contribution in [-0.4, -0.2) is 44.1 Å². The second-order valence-electron chi connectivity index (χ2n) is 5.95. The number of nitrogens with zero attached hydrogens (tertiary/aromatic N) is 4. The second-order valence-corrected chi connectivity index (χ2v) is 5.95. The van der Waals surface area contributed by atoms with Crippen LogP contribution in [0.25, 0.3) is 5.69 Å². The molecule has 1 aliphatic heterocycles. The molecule has 0 radical (unpaired) electrons. The first-order valence-electron chi connectivity index (χ1n) is 8.14. The van der Waals surface area contributed by atoms with Gasteiger partial charge in [-0.15, -0.1) is 0 Å². The van der Waals surface area contributed by atoms with Gasteiger partial charge in [0.1, 0.15) is 18.7 Å². The van der Waals surface area contributed by atoms with Crippen molar-refractivity contribution < 1.29 is 9.59 Å². The minimum Gasteiger partial charge on any atom is -0.350 e. The number of hydrogen-bond acceptors (Lipinski definition) is 4. The predicted molar refractivity (Wildman–Crippen MR) is 88.2 cm³/mol. The lowest BCUT2D eigenvalue weighted by Gasteiger charge is -2.33. The van der Waals surface area contributed by atoms with Crippen LogP contribution in [-0.2, 0) is 16.1 Å². The molecule has 0 spiro atoms. The summed E-state index contributed by atoms with van der Waals surface area (Å²) in [5, 5.41) is 7.05. The van der Waals surface area contributed by atoms with Crippen LogP contribution in [0.2, 0.25) is 0 Å². The molecule has 2 heterocycles. The Morgan fingerprint density at radius 1 is 1.33 bits per heavy atom. The van der Waals surface area contributed by atoms with E-state index in [1.165, 1.54) is 13.3 Å². The van der Waals surface area contributed by atoms with Gasteiger partial charge in [-0.05, 0) is 37.0 Å². The number of benzene rings is 1. The van der Waals surface area contributed by atoms with Gasteiger partial charge in [-0.3, -0.25) is 9.59 Å². The minimum atomic E-state index is -0.352. The zero-order chi connectivity index (χ0) is 16.9. The van der Waals surface area contributed by atoms with Gasteiger partial charge in [-0.25, -0.2) is 9.67 Å². The first-order valence-corrected chi connectivity index (χ1v) is 8.14. The predicted octanol–water partition coefficient (Wildman–Crippen LogP) is 1.28. The molecule has 1 unspecified atom stereocenters. The van der Waals surface area contributed by atoms with Gasteiger partial charge in [0, 0.05) is 20.0 Å². The molecule has 1 atom stereocenters. The van der Waals surface area contributed by atoms with Crippen LogP contribution in [0, 0.1) is 0 Å². The van der Waals surface area contributed by atoms with Crippen molar-refractivity contribution >= 4 is 11.8 Å². The maximum atomic E-state index is 12.5. The van der Waals surface area contributed by atoms with Gasteiger partial charge in [0.2, 0.25) is 11.8 Å². The third-order valence-electron chi connectivity index (χ3n) is 4.27. The summed E-state index contributed by atoms with van der Waals surface area (Å²) in [5.41, 5.74) is 1.86. The van der Waals surface area contributed by atoms with E-state index < -0.39 is 0 Å². The van der Waals surface area contributed by atoms with E-state index in [-0.39, 0.29) is 17.9 Å². The van der Waals surface area contributed by atoms with Gasteiger partial charge in [0.25, 0.3) is 0 Å². The number of aromatic nitrogens is 3. The van der Waals surface area contributed by atoms with E-state index in [1.807, 2.05) is 24.3 Å². The summed E-state index contributed by atoms with van der Waals surface area (Å²) < 4.78 is 1.67. The van der Waals surface area contributed by atoms with Crippen molar-refractivity contribution in [1.29, 1.82) is 0 Å². The lowest BCUT2D eigenvalue weighted by molar-refractivity contribution is -0.140. The SMILES string of the molecule is CC(=O)N1CCCCC1C(=O)NCc1cccc(-n2cncn2)c1. The number of nitrogens with one attached hydrogen (secondary N) is 1. The van der Waals surface area contributed by atoms with Gasteiger partial charge >= 0.3 is 0 Å². The molecule has 7 nitrogen and oxygen atoms in total. The molecule has 0 bridgehead atoms. The summed E-state index contributed by atoms with van der Waals surface area (Å²) in [6.07, 6.45) is 5.77. The topological polar surface area (TPSA) is 80.1 Å². The molecule has 24 heavy (non-hydrogen) atoms. The molecule has 2 aromatic rings. The Bertz CT molecular complexity index is 714. The van der Waals surface area contributed by atoms with Crippen LogP contribution in [0.1, 0.15) is 31.7 Å². The molecule has 1 aliphatic rings. The number of carbonyl (C=O) groups excluding carboxylic acids is 2. The summed E-state index contributed by atoms with van der Waals surface area (Å²) in [4.78, 5) is 29.8. The highest BCUT2D eigenvalue weighted by Gasteiger charge is 2.29. The molecule has 2 amide bonds. The zero-order valence-electron chi connectivity index (χ0n) is 13.7. The molecule has 1 aromatic carbocycles. The number of amides is 2. The molecule has 3 rings (SSSR count). The van der Waals surface area contributed by atoms with Crippen LogP contribution in [0.4, 0.5) is 0 Å². The van der Waals surface area contributed by atoms with Crippen molar-refractivity contribution in [3.05, 3.63) is 42.5 Å². The highest BCUT2D eigenvalue weighted by Crippen LogP contribution is 2.17. The number of hydrogen-bond donors (Lipinski definition) is 1. The Hall–Kier alpha value is -2.70. The molecule has 126 valence electrons. The fourth-order valence-electron chi connectivity index (χ4n) is 3.04. The monoisotopic (exact) mass is 327 g/mol. The molecular weight excluding hydrogens is 306 g/mol. The molecule has 1 fully saturated rings. The van der Waals surface area contributed by atoms with Gasteiger partial charge in [-0.2, -0.15) is 5.10 Å². The number of carbonyl (C=O) groups is 2. The maximum absolute atomic E-state index is 12.5. The molecule has 0 aliphatic carbocycles. The molecular formula is C17H21N5O2. The molecule has 1 saturated heterocycles. The van der Waals surface area contributed by atoms with Crippen LogP contribution in [0.5, 0.6) is 0 Å².